The second-order valence-corrected chi connectivity index (χ2v) is 6.35. The van der Waals surface area contributed by atoms with Crippen LogP contribution in [-0.2, 0) is 0 Å². The highest BCUT2D eigenvalue weighted by molar-refractivity contribution is 7.99. The average Bonchev–Trinajstić information content (AvgIpc) is 2.34. The third kappa shape index (κ3) is 6.27. The van der Waals surface area contributed by atoms with E-state index in [1.165, 1.54) is 0 Å². The first kappa shape index (κ1) is 16.3. The van der Waals surface area contributed by atoms with Crippen LogP contribution in [0.4, 0.5) is 0 Å². The van der Waals surface area contributed by atoms with Crippen LogP contribution in [-0.4, -0.2) is 22.6 Å². The van der Waals surface area contributed by atoms with E-state index in [1.807, 2.05) is 37.9 Å². The van der Waals surface area contributed by atoms with Crippen LogP contribution >= 0.6 is 11.8 Å². The summed E-state index contributed by atoms with van der Waals surface area (Å²) in [4.78, 5) is 4.22. The van der Waals surface area contributed by atoms with Crippen LogP contribution in [0.1, 0.15) is 39.3 Å². The largest absolute Gasteiger partial charge is 0.489 e. The van der Waals surface area contributed by atoms with Crippen molar-refractivity contribution >= 4 is 11.8 Å². The molecule has 1 aromatic heterocycles. The molecule has 3 N–H and O–H groups in total. The van der Waals surface area contributed by atoms with Crippen molar-refractivity contribution < 1.29 is 4.74 Å². The quantitative estimate of drug-likeness (QED) is 0.567. The fraction of sp³-hybridized carbons (Fsp3) is 0.643. The van der Waals surface area contributed by atoms with Crippen LogP contribution in [0.25, 0.3) is 0 Å². The molecule has 0 bridgehead atoms. The molecule has 0 saturated carbocycles. The van der Waals surface area contributed by atoms with Crippen LogP contribution in [0.15, 0.2) is 18.5 Å². The number of aromatic nitrogens is 1. The minimum Gasteiger partial charge on any atom is -0.489 e. The molecule has 0 amide bonds. The summed E-state index contributed by atoms with van der Waals surface area (Å²) in [7, 11) is 0. The molecule has 1 unspecified atom stereocenters. The predicted octanol–water partition coefficient (Wildman–Crippen LogP) is 2.76. The Morgan fingerprint density at radius 1 is 1.26 bits per heavy atom. The molecule has 0 aliphatic heterocycles. The van der Waals surface area contributed by atoms with E-state index in [-0.39, 0.29) is 12.1 Å². The van der Waals surface area contributed by atoms with E-state index < -0.39 is 0 Å². The maximum absolute atomic E-state index is 5.65. The second-order valence-electron chi connectivity index (χ2n) is 5.27. The van der Waals surface area contributed by atoms with Gasteiger partial charge in [-0.05, 0) is 37.1 Å². The molecule has 0 radical (unpaired) electrons. The van der Waals surface area contributed by atoms with Gasteiger partial charge < -0.3 is 4.74 Å². The number of nitrogens with one attached hydrogen (secondary N) is 1. The van der Waals surface area contributed by atoms with E-state index in [0.29, 0.717) is 5.92 Å². The summed E-state index contributed by atoms with van der Waals surface area (Å²) >= 11 is 1.90. The first-order chi connectivity index (χ1) is 9.02. The summed E-state index contributed by atoms with van der Waals surface area (Å²) in [6, 6.07) is 2.11. The second kappa shape index (κ2) is 8.40. The number of rotatable bonds is 8. The van der Waals surface area contributed by atoms with E-state index in [4.69, 9.17) is 10.6 Å². The molecule has 4 nitrogen and oxygen atoms in total. The maximum atomic E-state index is 5.65. The maximum Gasteiger partial charge on any atom is 0.138 e. The highest BCUT2D eigenvalue weighted by Gasteiger charge is 2.12. The van der Waals surface area contributed by atoms with E-state index in [0.717, 1.165) is 22.8 Å². The van der Waals surface area contributed by atoms with Gasteiger partial charge in [0.25, 0.3) is 0 Å². The molecule has 0 saturated heterocycles. The lowest BCUT2D eigenvalue weighted by Gasteiger charge is -2.17. The Hall–Kier alpha value is -0.780. The van der Waals surface area contributed by atoms with Gasteiger partial charge in [-0.3, -0.25) is 16.3 Å². The van der Waals surface area contributed by atoms with Crippen molar-refractivity contribution in [2.24, 2.45) is 11.8 Å². The smallest absolute Gasteiger partial charge is 0.138 e. The van der Waals surface area contributed by atoms with Crippen LogP contribution in [0.2, 0.25) is 0 Å². The van der Waals surface area contributed by atoms with Crippen LogP contribution in [0, 0.1) is 5.92 Å². The van der Waals surface area contributed by atoms with Gasteiger partial charge in [0.05, 0.1) is 18.3 Å². The number of nitrogens with two attached hydrogens (primary N) is 1. The normalized spacial score (nSPS) is 13.0. The van der Waals surface area contributed by atoms with Crippen molar-refractivity contribution in [3.8, 4) is 5.75 Å². The zero-order valence-electron chi connectivity index (χ0n) is 12.2. The van der Waals surface area contributed by atoms with E-state index in [9.17, 15) is 0 Å². The van der Waals surface area contributed by atoms with E-state index in [2.05, 4.69) is 24.3 Å². The fourth-order valence-electron chi connectivity index (χ4n) is 1.62. The molecule has 5 heteroatoms. The Labute approximate surface area is 120 Å². The molecular formula is C14H25N3OS. The molecule has 19 heavy (non-hydrogen) atoms. The van der Waals surface area contributed by atoms with Gasteiger partial charge in [0, 0.05) is 11.9 Å². The lowest BCUT2D eigenvalue weighted by Crippen LogP contribution is -2.30. The first-order valence-corrected chi connectivity index (χ1v) is 7.83. The average molecular weight is 283 g/mol. The van der Waals surface area contributed by atoms with E-state index >= 15 is 0 Å². The topological polar surface area (TPSA) is 60.2 Å². The molecular weight excluding hydrogens is 258 g/mol. The lowest BCUT2D eigenvalue weighted by molar-refractivity contribution is 0.241. The molecule has 0 aromatic carbocycles. The number of pyridine rings is 1. The van der Waals surface area contributed by atoms with Crippen molar-refractivity contribution in [2.75, 3.05) is 11.5 Å². The van der Waals surface area contributed by atoms with Gasteiger partial charge in [0.2, 0.25) is 0 Å². The van der Waals surface area contributed by atoms with Crippen molar-refractivity contribution in [1.82, 2.24) is 10.4 Å². The zero-order valence-corrected chi connectivity index (χ0v) is 13.0. The zero-order chi connectivity index (χ0) is 14.3. The summed E-state index contributed by atoms with van der Waals surface area (Å²) in [5, 5.41) is 0. The number of hydrazine groups is 1. The van der Waals surface area contributed by atoms with Crippen LogP contribution in [0.5, 0.6) is 5.75 Å². The Balaban J connectivity index is 2.64. The number of ether oxygens (including phenoxy) is 1. The number of thioether (sulfide) groups is 1. The SMILES string of the molecule is CC(C)CSCC(NN)c1cncc(OC(C)C)c1. The van der Waals surface area contributed by atoms with E-state index in [1.54, 1.807) is 6.20 Å². The monoisotopic (exact) mass is 283 g/mol. The Morgan fingerprint density at radius 2 is 2.00 bits per heavy atom. The number of hydrogen-bond acceptors (Lipinski definition) is 5. The Bertz CT molecular complexity index is 371. The van der Waals surface area contributed by atoms with Crippen molar-refractivity contribution in [1.29, 1.82) is 0 Å². The van der Waals surface area contributed by atoms with Crippen LogP contribution in [0.3, 0.4) is 0 Å². The molecule has 1 atom stereocenters. The summed E-state index contributed by atoms with van der Waals surface area (Å²) in [5.74, 6) is 9.19. The van der Waals surface area contributed by atoms with Gasteiger partial charge in [-0.15, -0.1) is 0 Å². The Kier molecular flexibility index (Phi) is 7.20. The molecule has 0 aliphatic carbocycles. The van der Waals surface area contributed by atoms with Gasteiger partial charge in [-0.1, -0.05) is 13.8 Å². The first-order valence-electron chi connectivity index (χ1n) is 6.68. The number of nitrogens with zero attached hydrogens (tertiary/aromatic N) is 1. The van der Waals surface area contributed by atoms with Crippen LogP contribution < -0.4 is 16.0 Å². The summed E-state index contributed by atoms with van der Waals surface area (Å²) in [6.07, 6.45) is 3.73. The molecule has 0 spiro atoms. The van der Waals surface area contributed by atoms with Gasteiger partial charge in [-0.25, -0.2) is 0 Å². The van der Waals surface area contributed by atoms with Crippen molar-refractivity contribution in [2.45, 2.75) is 39.8 Å². The molecule has 0 fully saturated rings. The third-order valence-corrected chi connectivity index (χ3v) is 3.92. The van der Waals surface area contributed by atoms with Crippen molar-refractivity contribution in [3.05, 3.63) is 24.0 Å². The lowest BCUT2D eigenvalue weighted by atomic mass is 10.1. The highest BCUT2D eigenvalue weighted by atomic mass is 32.2. The molecule has 1 rings (SSSR count). The van der Waals surface area contributed by atoms with Gasteiger partial charge >= 0.3 is 0 Å². The van der Waals surface area contributed by atoms with Crippen molar-refractivity contribution in [3.63, 3.8) is 0 Å². The van der Waals surface area contributed by atoms with Gasteiger partial charge in [0.1, 0.15) is 5.75 Å². The molecule has 0 aliphatic rings. The number of hydrogen-bond donors (Lipinski definition) is 2. The summed E-state index contributed by atoms with van der Waals surface area (Å²) in [6.45, 7) is 8.45. The fourth-order valence-corrected chi connectivity index (χ4v) is 2.76. The third-order valence-electron chi connectivity index (χ3n) is 2.45. The minimum absolute atomic E-state index is 0.104. The molecule has 1 aromatic rings. The molecule has 1 heterocycles. The Morgan fingerprint density at radius 3 is 2.58 bits per heavy atom. The minimum atomic E-state index is 0.104. The standard InChI is InChI=1S/C14H25N3OS/c1-10(2)8-19-9-14(17-15)12-5-13(7-16-6-12)18-11(3)4/h5-7,10-11,14,17H,8-9,15H2,1-4H3. The molecule has 108 valence electrons. The summed E-state index contributed by atoms with van der Waals surface area (Å²) in [5.41, 5.74) is 3.92. The van der Waals surface area contributed by atoms with Gasteiger partial charge in [-0.2, -0.15) is 11.8 Å². The highest BCUT2D eigenvalue weighted by Crippen LogP contribution is 2.22. The van der Waals surface area contributed by atoms with Gasteiger partial charge in [0.15, 0.2) is 0 Å². The predicted molar refractivity (Wildman–Crippen MR) is 82.2 cm³/mol. The summed E-state index contributed by atoms with van der Waals surface area (Å²) < 4.78 is 5.65.